The molecule has 28 heavy (non-hydrogen) atoms. The van der Waals surface area contributed by atoms with E-state index in [9.17, 15) is 9.18 Å². The van der Waals surface area contributed by atoms with Crippen molar-refractivity contribution >= 4 is 0 Å². The maximum absolute atomic E-state index is 14.7. The average Bonchev–Trinajstić information content (AvgIpc) is 2.71. The molecule has 0 amide bonds. The summed E-state index contributed by atoms with van der Waals surface area (Å²) in [6.07, 6.45) is 3.55. The van der Waals surface area contributed by atoms with Gasteiger partial charge in [0.2, 0.25) is 0 Å². The number of aryl methyl sites for hydroxylation is 1. The van der Waals surface area contributed by atoms with E-state index >= 15 is 0 Å². The molecule has 2 unspecified atom stereocenters. The number of hydrogen-bond donors (Lipinski definition) is 2. The number of nitrogens with two attached hydrogens (primary N) is 1. The molecular weight excluding hydrogens is 357 g/mol. The number of aromatic nitrogens is 2. The van der Waals surface area contributed by atoms with E-state index < -0.39 is 0 Å². The Morgan fingerprint density at radius 3 is 2.93 bits per heavy atom. The van der Waals surface area contributed by atoms with Gasteiger partial charge in [-0.05, 0) is 36.5 Å². The smallest absolute Gasteiger partial charge is 0.254 e. The first kappa shape index (κ1) is 18.4. The van der Waals surface area contributed by atoms with Crippen LogP contribution in [-0.4, -0.2) is 23.1 Å². The van der Waals surface area contributed by atoms with Gasteiger partial charge in [0.1, 0.15) is 0 Å². The minimum absolute atomic E-state index is 0.116. The number of benzene rings is 2. The largest absolute Gasteiger partial charge is 0.494 e. The van der Waals surface area contributed by atoms with E-state index in [1.54, 1.807) is 18.2 Å². The average molecular weight is 379 g/mol. The molecule has 1 heterocycles. The van der Waals surface area contributed by atoms with Crippen LogP contribution in [0, 0.1) is 5.82 Å². The Bertz CT molecular complexity index is 1060. The van der Waals surface area contributed by atoms with Crippen molar-refractivity contribution in [1.82, 2.24) is 9.97 Å². The summed E-state index contributed by atoms with van der Waals surface area (Å²) in [5.74, 6) is -0.294. The molecule has 6 heteroatoms. The van der Waals surface area contributed by atoms with Gasteiger partial charge in [0, 0.05) is 23.1 Å². The van der Waals surface area contributed by atoms with E-state index in [0.29, 0.717) is 24.0 Å². The van der Waals surface area contributed by atoms with Crippen molar-refractivity contribution in [1.29, 1.82) is 0 Å². The van der Waals surface area contributed by atoms with Crippen LogP contribution in [0.5, 0.6) is 5.75 Å². The van der Waals surface area contributed by atoms with Gasteiger partial charge in [0.25, 0.3) is 5.56 Å². The predicted octanol–water partition coefficient (Wildman–Crippen LogP) is 3.18. The summed E-state index contributed by atoms with van der Waals surface area (Å²) in [4.78, 5) is 19.4. The Hall–Kier alpha value is -2.99. The van der Waals surface area contributed by atoms with Gasteiger partial charge >= 0.3 is 0 Å². The fraction of sp³-hybridized carbons (Fsp3) is 0.273. The molecule has 0 aliphatic heterocycles. The normalized spacial score (nSPS) is 18.5. The summed E-state index contributed by atoms with van der Waals surface area (Å²) >= 11 is 0. The zero-order valence-electron chi connectivity index (χ0n) is 15.6. The number of aromatic amines is 1. The molecule has 1 aliphatic rings. The van der Waals surface area contributed by atoms with Crippen LogP contribution in [0.2, 0.25) is 0 Å². The molecule has 2 aromatic carbocycles. The van der Waals surface area contributed by atoms with Crippen molar-refractivity contribution in [3.8, 4) is 16.9 Å². The fourth-order valence-corrected chi connectivity index (χ4v) is 4.01. The third-order valence-electron chi connectivity index (χ3n) is 5.45. The van der Waals surface area contributed by atoms with Crippen LogP contribution in [0.1, 0.15) is 29.2 Å². The number of nitrogens with one attached hydrogen (secondary N) is 1. The van der Waals surface area contributed by atoms with E-state index in [0.717, 1.165) is 23.2 Å². The number of methoxy groups -OCH3 is 1. The van der Waals surface area contributed by atoms with Gasteiger partial charge in [-0.1, -0.05) is 36.4 Å². The van der Waals surface area contributed by atoms with Crippen molar-refractivity contribution in [2.75, 3.05) is 7.11 Å². The highest BCUT2D eigenvalue weighted by Gasteiger charge is 2.30. The third-order valence-corrected chi connectivity index (χ3v) is 5.45. The Morgan fingerprint density at radius 2 is 2.11 bits per heavy atom. The first-order valence-electron chi connectivity index (χ1n) is 9.32. The van der Waals surface area contributed by atoms with Gasteiger partial charge in [-0.2, -0.15) is 0 Å². The van der Waals surface area contributed by atoms with Crippen LogP contribution in [-0.2, 0) is 12.8 Å². The molecule has 5 nitrogen and oxygen atoms in total. The van der Waals surface area contributed by atoms with Crippen molar-refractivity contribution in [3.05, 3.63) is 81.8 Å². The van der Waals surface area contributed by atoms with Gasteiger partial charge in [0.15, 0.2) is 11.6 Å². The monoisotopic (exact) mass is 379 g/mol. The molecule has 1 aromatic heterocycles. The Labute approximate surface area is 162 Å². The quantitative estimate of drug-likeness (QED) is 0.730. The highest BCUT2D eigenvalue weighted by atomic mass is 19.1. The van der Waals surface area contributed by atoms with Gasteiger partial charge < -0.3 is 15.5 Å². The number of rotatable bonds is 4. The Morgan fingerprint density at radius 1 is 1.29 bits per heavy atom. The van der Waals surface area contributed by atoms with Crippen LogP contribution in [0.4, 0.5) is 4.39 Å². The van der Waals surface area contributed by atoms with Crippen LogP contribution < -0.4 is 16.0 Å². The molecule has 3 N–H and O–H groups in total. The molecule has 0 spiro atoms. The lowest BCUT2D eigenvalue weighted by Crippen LogP contribution is -2.38. The first-order chi connectivity index (χ1) is 13.6. The maximum Gasteiger partial charge on any atom is 0.254 e. The van der Waals surface area contributed by atoms with E-state index in [4.69, 9.17) is 10.5 Å². The van der Waals surface area contributed by atoms with Crippen molar-refractivity contribution < 1.29 is 9.13 Å². The summed E-state index contributed by atoms with van der Waals surface area (Å²) < 4.78 is 19.8. The van der Waals surface area contributed by atoms with E-state index in [-0.39, 0.29) is 29.1 Å². The van der Waals surface area contributed by atoms with E-state index in [2.05, 4.69) is 9.97 Å². The summed E-state index contributed by atoms with van der Waals surface area (Å²) in [7, 11) is 1.45. The molecule has 2 atom stereocenters. The van der Waals surface area contributed by atoms with Gasteiger partial charge in [-0.3, -0.25) is 4.79 Å². The second-order valence-corrected chi connectivity index (χ2v) is 7.13. The SMILES string of the molecule is COc1cccc(-c2cccc(CC3c4c(nc[nH]c4=O)CCC3N)c2)c1F. The Kier molecular flexibility index (Phi) is 4.96. The second-order valence-electron chi connectivity index (χ2n) is 7.13. The number of fused-ring (bicyclic) bond motifs is 1. The standard InChI is InChI=1S/C22H22FN3O2/c1-28-19-7-3-6-15(21(19)23)14-5-2-4-13(10-14)11-16-17(24)8-9-18-20(16)22(27)26-12-25-18/h2-7,10,12,16-17H,8-9,11,24H2,1H3,(H,25,26,27). The molecule has 0 saturated carbocycles. The fourth-order valence-electron chi connectivity index (χ4n) is 4.01. The summed E-state index contributed by atoms with van der Waals surface area (Å²) in [5, 5.41) is 0. The van der Waals surface area contributed by atoms with Crippen molar-refractivity contribution in [2.45, 2.75) is 31.2 Å². The summed E-state index contributed by atoms with van der Waals surface area (Å²) in [6.45, 7) is 0. The zero-order chi connectivity index (χ0) is 19.7. The second kappa shape index (κ2) is 7.56. The minimum Gasteiger partial charge on any atom is -0.494 e. The Balaban J connectivity index is 1.70. The van der Waals surface area contributed by atoms with Crippen LogP contribution in [0.15, 0.2) is 53.6 Å². The van der Waals surface area contributed by atoms with E-state index in [1.165, 1.54) is 13.4 Å². The highest BCUT2D eigenvalue weighted by molar-refractivity contribution is 5.66. The molecule has 144 valence electrons. The van der Waals surface area contributed by atoms with Gasteiger partial charge in [-0.25, -0.2) is 9.37 Å². The molecular formula is C22H22FN3O2. The molecule has 0 fully saturated rings. The number of halogens is 1. The molecule has 0 bridgehead atoms. The number of hydrogen-bond acceptors (Lipinski definition) is 4. The summed E-state index contributed by atoms with van der Waals surface area (Å²) in [5.41, 5.74) is 9.98. The summed E-state index contributed by atoms with van der Waals surface area (Å²) in [6, 6.07) is 12.7. The number of H-pyrrole nitrogens is 1. The van der Waals surface area contributed by atoms with E-state index in [1.807, 2.05) is 24.3 Å². The zero-order valence-corrected chi connectivity index (χ0v) is 15.6. The lowest BCUT2D eigenvalue weighted by molar-refractivity contribution is 0.387. The maximum atomic E-state index is 14.7. The van der Waals surface area contributed by atoms with Crippen LogP contribution >= 0.6 is 0 Å². The minimum atomic E-state index is -0.387. The molecule has 0 radical (unpaired) electrons. The van der Waals surface area contributed by atoms with Crippen LogP contribution in [0.25, 0.3) is 11.1 Å². The molecule has 1 aliphatic carbocycles. The highest BCUT2D eigenvalue weighted by Crippen LogP contribution is 2.33. The van der Waals surface area contributed by atoms with Gasteiger partial charge in [-0.15, -0.1) is 0 Å². The lowest BCUT2D eigenvalue weighted by atomic mass is 9.79. The predicted molar refractivity (Wildman–Crippen MR) is 106 cm³/mol. The lowest BCUT2D eigenvalue weighted by Gasteiger charge is -2.29. The topological polar surface area (TPSA) is 81.0 Å². The van der Waals surface area contributed by atoms with Crippen molar-refractivity contribution in [2.24, 2.45) is 5.73 Å². The van der Waals surface area contributed by atoms with Crippen LogP contribution in [0.3, 0.4) is 0 Å². The van der Waals surface area contributed by atoms with Crippen molar-refractivity contribution in [3.63, 3.8) is 0 Å². The molecule has 0 saturated heterocycles. The molecule has 3 aromatic rings. The number of nitrogens with zero attached hydrogens (tertiary/aromatic N) is 1. The molecule has 4 rings (SSSR count). The third kappa shape index (κ3) is 3.31. The first-order valence-corrected chi connectivity index (χ1v) is 9.32. The number of ether oxygens (including phenoxy) is 1. The van der Waals surface area contributed by atoms with Gasteiger partial charge in [0.05, 0.1) is 19.1 Å².